The average Bonchev–Trinajstić information content (AvgIpc) is 3.84. The zero-order valence-corrected chi connectivity index (χ0v) is 27.8. The SMILES string of the molecule is CCOP(=O)(/C=C/c1cn(-c2ccccc2)nc1N(C)C(=O)Cc1ccc(OCc2nc(-c3ccco3)oc2C)c(OC)c1)OCC. The fourth-order valence-corrected chi connectivity index (χ4v) is 6.00. The first kappa shape index (κ1) is 33.5. The highest BCUT2D eigenvalue weighted by atomic mass is 31.2. The summed E-state index contributed by atoms with van der Waals surface area (Å²) in [6, 6.07) is 18.3. The van der Waals surface area contributed by atoms with Crippen molar-refractivity contribution in [2.24, 2.45) is 0 Å². The number of nitrogens with zero attached hydrogens (tertiary/aromatic N) is 4. The minimum absolute atomic E-state index is 0.0553. The summed E-state index contributed by atoms with van der Waals surface area (Å²) in [6.07, 6.45) is 4.98. The van der Waals surface area contributed by atoms with Gasteiger partial charge in [0, 0.05) is 24.6 Å². The van der Waals surface area contributed by atoms with Crippen LogP contribution < -0.4 is 14.4 Å². The number of aromatic nitrogens is 3. The smallest absolute Gasteiger partial charge is 0.354 e. The van der Waals surface area contributed by atoms with Gasteiger partial charge in [-0.05, 0) is 68.8 Å². The van der Waals surface area contributed by atoms with Crippen molar-refractivity contribution in [1.29, 1.82) is 0 Å². The van der Waals surface area contributed by atoms with E-state index < -0.39 is 7.60 Å². The molecule has 5 rings (SSSR count). The van der Waals surface area contributed by atoms with Gasteiger partial charge in [-0.3, -0.25) is 14.3 Å². The molecule has 0 aliphatic heterocycles. The third kappa shape index (κ3) is 8.10. The molecule has 0 aliphatic carbocycles. The first-order valence-electron chi connectivity index (χ1n) is 15.0. The van der Waals surface area contributed by atoms with Crippen molar-refractivity contribution in [1.82, 2.24) is 14.8 Å². The Balaban J connectivity index is 1.33. The van der Waals surface area contributed by atoms with Gasteiger partial charge >= 0.3 is 7.60 Å². The van der Waals surface area contributed by atoms with Gasteiger partial charge < -0.3 is 27.4 Å². The van der Waals surface area contributed by atoms with E-state index in [-0.39, 0.29) is 32.1 Å². The number of oxazole rings is 1. The minimum atomic E-state index is -3.49. The number of aryl methyl sites for hydroxylation is 1. The normalized spacial score (nSPS) is 11.7. The van der Waals surface area contributed by atoms with Crippen molar-refractivity contribution in [3.63, 3.8) is 0 Å². The standard InChI is InChI=1S/C34H37N4O8P/c1-6-44-47(40,45-7-2)19-17-26-22-38(27-12-9-8-10-13-27)36-33(26)37(4)32(39)21-25-15-16-29(31(20-25)41-5)43-23-28-24(3)46-34(35-28)30-14-11-18-42-30/h8-20,22H,6-7,21,23H2,1-5H3/b19-17+. The summed E-state index contributed by atoms with van der Waals surface area (Å²) in [5.41, 5.74) is 2.69. The Labute approximate surface area is 273 Å². The van der Waals surface area contributed by atoms with Gasteiger partial charge in [0.2, 0.25) is 5.91 Å². The van der Waals surface area contributed by atoms with E-state index in [2.05, 4.69) is 4.98 Å². The number of likely N-dealkylation sites (N-methyl/N-ethyl adjacent to an activating group) is 1. The zero-order chi connectivity index (χ0) is 33.4. The second-order valence-corrected chi connectivity index (χ2v) is 12.2. The van der Waals surface area contributed by atoms with Gasteiger partial charge in [0.1, 0.15) is 18.1 Å². The van der Waals surface area contributed by atoms with Gasteiger partial charge in [0.25, 0.3) is 5.89 Å². The first-order chi connectivity index (χ1) is 22.7. The molecule has 12 nitrogen and oxygen atoms in total. The summed E-state index contributed by atoms with van der Waals surface area (Å²) in [5.74, 6) is 4.02. The van der Waals surface area contributed by atoms with Crippen LogP contribution in [0.25, 0.3) is 23.4 Å². The fourth-order valence-electron chi connectivity index (χ4n) is 4.69. The predicted molar refractivity (Wildman–Crippen MR) is 177 cm³/mol. The molecule has 246 valence electrons. The van der Waals surface area contributed by atoms with Gasteiger partial charge in [0.15, 0.2) is 23.1 Å². The van der Waals surface area contributed by atoms with Crippen LogP contribution in [-0.4, -0.2) is 48.0 Å². The molecule has 0 saturated carbocycles. The maximum Gasteiger partial charge on any atom is 0.354 e. The molecule has 47 heavy (non-hydrogen) atoms. The maximum absolute atomic E-state index is 13.6. The number of carbonyl (C=O) groups is 1. The van der Waals surface area contributed by atoms with Crippen LogP contribution in [-0.2, 0) is 31.4 Å². The lowest BCUT2D eigenvalue weighted by Crippen LogP contribution is -2.29. The van der Waals surface area contributed by atoms with E-state index in [9.17, 15) is 9.36 Å². The predicted octanol–water partition coefficient (Wildman–Crippen LogP) is 7.46. The van der Waals surface area contributed by atoms with Crippen molar-refractivity contribution in [3.05, 3.63) is 102 Å². The van der Waals surface area contributed by atoms with E-state index in [1.54, 1.807) is 81.4 Å². The van der Waals surface area contributed by atoms with Gasteiger partial charge in [0.05, 0.1) is 38.7 Å². The van der Waals surface area contributed by atoms with Crippen molar-refractivity contribution in [3.8, 4) is 28.8 Å². The minimum Gasteiger partial charge on any atom is -0.493 e. The number of rotatable bonds is 15. The van der Waals surface area contributed by atoms with Crippen molar-refractivity contribution >= 4 is 25.4 Å². The molecular weight excluding hydrogens is 623 g/mol. The second kappa shape index (κ2) is 15.1. The van der Waals surface area contributed by atoms with E-state index in [1.165, 1.54) is 17.8 Å². The van der Waals surface area contributed by atoms with Crippen LogP contribution in [0.4, 0.5) is 5.82 Å². The van der Waals surface area contributed by atoms with E-state index in [0.717, 1.165) is 5.69 Å². The molecule has 5 aromatic rings. The summed E-state index contributed by atoms with van der Waals surface area (Å²) in [4.78, 5) is 19.5. The lowest BCUT2D eigenvalue weighted by atomic mass is 10.1. The van der Waals surface area contributed by atoms with Gasteiger partial charge in [-0.15, -0.1) is 5.10 Å². The molecule has 2 aromatic carbocycles. The number of benzene rings is 2. The van der Waals surface area contributed by atoms with Gasteiger partial charge in [-0.2, -0.15) is 0 Å². The highest BCUT2D eigenvalue weighted by Gasteiger charge is 2.23. The van der Waals surface area contributed by atoms with Crippen molar-refractivity contribution < 1.29 is 36.7 Å². The first-order valence-corrected chi connectivity index (χ1v) is 16.6. The Kier molecular flexibility index (Phi) is 10.8. The monoisotopic (exact) mass is 660 g/mol. The molecule has 0 N–H and O–H groups in total. The lowest BCUT2D eigenvalue weighted by Gasteiger charge is -2.17. The number of amides is 1. The molecule has 0 radical (unpaired) electrons. The van der Waals surface area contributed by atoms with Crippen LogP contribution in [0.15, 0.2) is 87.8 Å². The number of ether oxygens (including phenoxy) is 2. The maximum atomic E-state index is 13.6. The largest absolute Gasteiger partial charge is 0.493 e. The number of para-hydroxylation sites is 1. The second-order valence-electron chi connectivity index (χ2n) is 10.3. The van der Waals surface area contributed by atoms with Crippen LogP contribution in [0, 0.1) is 6.92 Å². The molecule has 0 aliphatic rings. The summed E-state index contributed by atoms with van der Waals surface area (Å²) in [5, 5.41) is 4.70. The van der Waals surface area contributed by atoms with Crippen LogP contribution >= 0.6 is 7.60 Å². The Morgan fingerprint density at radius 1 is 1.04 bits per heavy atom. The molecule has 0 bridgehead atoms. The average molecular weight is 661 g/mol. The van der Waals surface area contributed by atoms with E-state index in [1.807, 2.05) is 30.3 Å². The third-order valence-corrected chi connectivity index (χ3v) is 8.81. The number of methoxy groups -OCH3 is 1. The topological polar surface area (TPSA) is 131 Å². The lowest BCUT2D eigenvalue weighted by molar-refractivity contribution is -0.117. The van der Waals surface area contributed by atoms with Gasteiger partial charge in [-0.1, -0.05) is 24.3 Å². The Morgan fingerprint density at radius 2 is 1.81 bits per heavy atom. The Bertz CT molecular complexity index is 1850. The third-order valence-electron chi connectivity index (χ3n) is 7.06. The van der Waals surface area contributed by atoms with E-state index in [4.69, 9.17) is 32.5 Å². The molecule has 0 unspecified atom stereocenters. The molecule has 0 saturated heterocycles. The number of furan rings is 1. The number of anilines is 1. The molecule has 1 amide bonds. The Morgan fingerprint density at radius 3 is 2.49 bits per heavy atom. The molecule has 13 heteroatoms. The molecule has 3 aromatic heterocycles. The highest BCUT2D eigenvalue weighted by Crippen LogP contribution is 2.50. The summed E-state index contributed by atoms with van der Waals surface area (Å²) < 4.78 is 48.3. The Hall–Kier alpha value is -4.90. The van der Waals surface area contributed by atoms with E-state index >= 15 is 0 Å². The number of carbonyl (C=O) groups excluding carboxylic acids is 1. The number of hydrogen-bond acceptors (Lipinski definition) is 10. The highest BCUT2D eigenvalue weighted by molar-refractivity contribution is 7.57. The molecular formula is C34H37N4O8P. The summed E-state index contributed by atoms with van der Waals surface area (Å²) in [7, 11) is -0.306. The van der Waals surface area contributed by atoms with Crippen LogP contribution in [0.3, 0.4) is 0 Å². The van der Waals surface area contributed by atoms with Crippen LogP contribution in [0.1, 0.15) is 36.4 Å². The zero-order valence-electron chi connectivity index (χ0n) is 26.9. The van der Waals surface area contributed by atoms with Crippen LogP contribution in [0.2, 0.25) is 0 Å². The van der Waals surface area contributed by atoms with Crippen molar-refractivity contribution in [2.75, 3.05) is 32.3 Å². The summed E-state index contributed by atoms with van der Waals surface area (Å²) >= 11 is 0. The van der Waals surface area contributed by atoms with Crippen molar-refractivity contribution in [2.45, 2.75) is 33.8 Å². The quantitative estimate of drug-likeness (QED) is 0.104. The van der Waals surface area contributed by atoms with E-state index in [0.29, 0.717) is 51.5 Å². The molecule has 0 atom stereocenters. The molecule has 0 fully saturated rings. The fraction of sp³-hybridized carbons (Fsp3) is 0.265. The van der Waals surface area contributed by atoms with Crippen LogP contribution in [0.5, 0.6) is 11.5 Å². The summed E-state index contributed by atoms with van der Waals surface area (Å²) in [6.45, 7) is 5.88. The molecule has 0 spiro atoms. The van der Waals surface area contributed by atoms with Gasteiger partial charge in [-0.25, -0.2) is 9.67 Å². The number of hydrogen-bond donors (Lipinski definition) is 0. The molecule has 3 heterocycles.